The summed E-state index contributed by atoms with van der Waals surface area (Å²) in [6.07, 6.45) is 1.67. The van der Waals surface area contributed by atoms with Gasteiger partial charge in [-0.3, -0.25) is 4.79 Å². The van der Waals surface area contributed by atoms with Gasteiger partial charge in [-0.1, -0.05) is 30.3 Å². The lowest BCUT2D eigenvalue weighted by molar-refractivity contribution is -0.117. The number of aromatic nitrogens is 1. The van der Waals surface area contributed by atoms with E-state index in [2.05, 4.69) is 56.7 Å². The highest BCUT2D eigenvalue weighted by Crippen LogP contribution is 2.23. The van der Waals surface area contributed by atoms with Gasteiger partial charge in [0.25, 0.3) is 5.91 Å². The summed E-state index contributed by atoms with van der Waals surface area (Å²) >= 11 is 2.28. The highest BCUT2D eigenvalue weighted by Gasteiger charge is 2.16. The topological polar surface area (TPSA) is 57.8 Å². The summed E-state index contributed by atoms with van der Waals surface area (Å²) in [7, 11) is 0. The van der Waals surface area contributed by atoms with E-state index in [0.29, 0.717) is 0 Å². The second-order valence-corrected chi connectivity index (χ2v) is 8.16. The lowest BCUT2D eigenvalue weighted by Crippen LogP contribution is -2.27. The summed E-state index contributed by atoms with van der Waals surface area (Å²) in [5.74, 6) is -0.372. The Morgan fingerprint density at radius 3 is 2.41 bits per heavy atom. The quantitative estimate of drug-likeness (QED) is 0.290. The number of nitriles is 1. The number of amides is 1. The Kier molecular flexibility index (Phi) is 6.55. The highest BCUT2D eigenvalue weighted by atomic mass is 127. The molecule has 0 aliphatic heterocycles. The molecule has 4 nitrogen and oxygen atoms in total. The number of nitrogens with zero attached hydrogens (tertiary/aromatic N) is 2. The Hall–Kier alpha value is -2.85. The molecule has 1 aromatic heterocycles. The minimum absolute atomic E-state index is 0.0932. The summed E-state index contributed by atoms with van der Waals surface area (Å²) < 4.78 is 3.30. The van der Waals surface area contributed by atoms with Crippen molar-refractivity contribution in [3.8, 4) is 11.8 Å². The zero-order valence-corrected chi connectivity index (χ0v) is 18.8. The van der Waals surface area contributed by atoms with Crippen molar-refractivity contribution in [1.82, 2.24) is 9.88 Å². The van der Waals surface area contributed by atoms with E-state index >= 15 is 0 Å². The van der Waals surface area contributed by atoms with Crippen LogP contribution in [0.2, 0.25) is 0 Å². The summed E-state index contributed by atoms with van der Waals surface area (Å²) in [5.41, 5.74) is 5.04. The largest absolute Gasteiger partial charge is 0.345 e. The molecule has 0 saturated carbocycles. The predicted octanol–water partition coefficient (Wildman–Crippen LogP) is 5.48. The van der Waals surface area contributed by atoms with Crippen molar-refractivity contribution in [2.24, 2.45) is 0 Å². The molecule has 29 heavy (non-hydrogen) atoms. The molecule has 0 spiro atoms. The number of hydrogen-bond donors (Lipinski definition) is 1. The molecule has 0 unspecified atom stereocenters. The van der Waals surface area contributed by atoms with Gasteiger partial charge in [0.1, 0.15) is 11.6 Å². The Morgan fingerprint density at radius 2 is 1.79 bits per heavy atom. The fourth-order valence-electron chi connectivity index (χ4n) is 3.32. The summed E-state index contributed by atoms with van der Waals surface area (Å²) in [5, 5.41) is 12.5. The number of rotatable bonds is 5. The van der Waals surface area contributed by atoms with Crippen LogP contribution in [0.1, 0.15) is 35.5 Å². The first-order chi connectivity index (χ1) is 13.9. The van der Waals surface area contributed by atoms with Crippen LogP contribution >= 0.6 is 22.6 Å². The van der Waals surface area contributed by atoms with E-state index in [1.807, 2.05) is 63.2 Å². The van der Waals surface area contributed by atoms with Crippen LogP contribution in [0.25, 0.3) is 11.8 Å². The van der Waals surface area contributed by atoms with E-state index in [9.17, 15) is 10.1 Å². The fraction of sp³-hybridized carbons (Fsp3) is 0.167. The van der Waals surface area contributed by atoms with Gasteiger partial charge < -0.3 is 9.88 Å². The van der Waals surface area contributed by atoms with Crippen LogP contribution < -0.4 is 5.32 Å². The first-order valence-electron chi connectivity index (χ1n) is 9.33. The van der Waals surface area contributed by atoms with Crippen LogP contribution in [-0.4, -0.2) is 10.5 Å². The van der Waals surface area contributed by atoms with Gasteiger partial charge in [0.2, 0.25) is 0 Å². The zero-order chi connectivity index (χ0) is 21.0. The number of halogens is 1. The summed E-state index contributed by atoms with van der Waals surface area (Å²) in [6.45, 7) is 5.92. The Bertz CT molecular complexity index is 1090. The molecule has 0 saturated heterocycles. The van der Waals surface area contributed by atoms with Crippen molar-refractivity contribution >= 4 is 34.6 Å². The average Bonchev–Trinajstić information content (AvgIpc) is 3.00. The maximum Gasteiger partial charge on any atom is 0.262 e. The molecule has 146 valence electrons. The van der Waals surface area contributed by atoms with Crippen molar-refractivity contribution in [2.75, 3.05) is 0 Å². The van der Waals surface area contributed by atoms with E-state index in [1.165, 1.54) is 3.57 Å². The van der Waals surface area contributed by atoms with Crippen molar-refractivity contribution in [3.05, 3.63) is 92.3 Å². The highest BCUT2D eigenvalue weighted by molar-refractivity contribution is 14.1. The monoisotopic (exact) mass is 495 g/mol. The molecule has 1 atom stereocenters. The Labute approximate surface area is 185 Å². The molecule has 1 amide bonds. The first-order valence-corrected chi connectivity index (χ1v) is 10.4. The number of aryl methyl sites for hydroxylation is 1. The summed E-state index contributed by atoms with van der Waals surface area (Å²) in [6, 6.07) is 21.8. The van der Waals surface area contributed by atoms with Crippen LogP contribution in [-0.2, 0) is 4.79 Å². The van der Waals surface area contributed by atoms with E-state index < -0.39 is 0 Å². The van der Waals surface area contributed by atoms with E-state index in [4.69, 9.17) is 0 Å². The van der Waals surface area contributed by atoms with Crippen LogP contribution in [0, 0.1) is 28.7 Å². The molecule has 2 aromatic carbocycles. The normalized spacial score (nSPS) is 12.3. The minimum Gasteiger partial charge on any atom is -0.345 e. The second kappa shape index (κ2) is 9.10. The molecule has 1 N–H and O–H groups in total. The molecule has 0 aliphatic rings. The molecular formula is C24H22IN3O. The van der Waals surface area contributed by atoms with Crippen molar-refractivity contribution in [1.29, 1.82) is 5.26 Å². The lowest BCUT2D eigenvalue weighted by atomic mass is 10.1. The third kappa shape index (κ3) is 4.77. The zero-order valence-electron chi connectivity index (χ0n) is 16.6. The molecule has 0 aliphatic carbocycles. The third-order valence-electron chi connectivity index (χ3n) is 4.87. The Balaban J connectivity index is 1.88. The smallest absolute Gasteiger partial charge is 0.262 e. The van der Waals surface area contributed by atoms with Gasteiger partial charge in [-0.15, -0.1) is 0 Å². The molecule has 3 rings (SSSR count). The van der Waals surface area contributed by atoms with Crippen molar-refractivity contribution in [3.63, 3.8) is 0 Å². The molecular weight excluding hydrogens is 473 g/mol. The first kappa shape index (κ1) is 20.9. The maximum absolute atomic E-state index is 12.7. The Morgan fingerprint density at radius 1 is 1.14 bits per heavy atom. The van der Waals surface area contributed by atoms with Gasteiger partial charge in [-0.25, -0.2) is 0 Å². The fourth-order valence-corrected chi connectivity index (χ4v) is 3.68. The molecule has 0 fully saturated rings. The van der Waals surface area contributed by atoms with Gasteiger partial charge >= 0.3 is 0 Å². The maximum atomic E-state index is 12.7. The lowest BCUT2D eigenvalue weighted by Gasteiger charge is -2.13. The molecule has 0 radical (unpaired) electrons. The van der Waals surface area contributed by atoms with E-state index in [1.54, 1.807) is 6.08 Å². The van der Waals surface area contributed by atoms with Crippen molar-refractivity contribution in [2.45, 2.75) is 26.8 Å². The number of benzene rings is 2. The minimum atomic E-state index is -0.372. The van der Waals surface area contributed by atoms with Gasteiger partial charge in [0, 0.05) is 20.6 Å². The number of nitrogens with one attached hydrogen (secondary N) is 1. The van der Waals surface area contributed by atoms with E-state index in [-0.39, 0.29) is 17.5 Å². The molecule has 1 heterocycles. The van der Waals surface area contributed by atoms with Gasteiger partial charge in [0.15, 0.2) is 0 Å². The van der Waals surface area contributed by atoms with Crippen LogP contribution in [0.4, 0.5) is 0 Å². The summed E-state index contributed by atoms with van der Waals surface area (Å²) in [4.78, 5) is 12.7. The van der Waals surface area contributed by atoms with Gasteiger partial charge in [-0.2, -0.15) is 5.26 Å². The third-order valence-corrected chi connectivity index (χ3v) is 5.59. The predicted molar refractivity (Wildman–Crippen MR) is 125 cm³/mol. The SMILES string of the molecule is Cc1cc(/C=C(\C#N)C(=O)N[C@@H](C)c2ccccc2)c(C)n1-c1ccc(I)cc1. The van der Waals surface area contributed by atoms with Gasteiger partial charge in [-0.05, 0) is 90.9 Å². The van der Waals surface area contributed by atoms with E-state index in [0.717, 1.165) is 28.2 Å². The van der Waals surface area contributed by atoms with Crippen molar-refractivity contribution < 1.29 is 4.79 Å². The van der Waals surface area contributed by atoms with Gasteiger partial charge in [0.05, 0.1) is 6.04 Å². The average molecular weight is 495 g/mol. The van der Waals surface area contributed by atoms with Crippen LogP contribution in [0.15, 0.2) is 66.2 Å². The second-order valence-electron chi connectivity index (χ2n) is 6.91. The van der Waals surface area contributed by atoms with Crippen LogP contribution in [0.5, 0.6) is 0 Å². The molecule has 3 aromatic rings. The number of carbonyl (C=O) groups is 1. The number of carbonyl (C=O) groups excluding carboxylic acids is 1. The molecule has 5 heteroatoms. The molecule has 0 bridgehead atoms. The standard InChI is InChI=1S/C24H22IN3O/c1-16-13-20(18(3)28(16)23-11-9-22(25)10-12-23)14-21(15-26)24(29)27-17(2)19-7-5-4-6-8-19/h4-14,17H,1-3H3,(H,27,29)/b21-14+/t17-/m0/s1. The van der Waals surface area contributed by atoms with Crippen LogP contribution in [0.3, 0.4) is 0 Å². The number of hydrogen-bond acceptors (Lipinski definition) is 2.